The maximum atomic E-state index is 2.28. The van der Waals surface area contributed by atoms with E-state index in [-0.39, 0.29) is 9.52 Å². The van der Waals surface area contributed by atoms with Gasteiger partial charge in [-0.3, -0.25) is 0 Å². The highest BCUT2D eigenvalue weighted by Gasteiger charge is 1.93. The van der Waals surface area contributed by atoms with Gasteiger partial charge < -0.3 is 0 Å². The predicted molar refractivity (Wildman–Crippen MR) is 67.6 cm³/mol. The van der Waals surface area contributed by atoms with Crippen LogP contribution in [0.3, 0.4) is 0 Å². The molecule has 0 amide bonds. The van der Waals surface area contributed by atoms with E-state index in [1.807, 2.05) is 0 Å². The summed E-state index contributed by atoms with van der Waals surface area (Å²) < 4.78 is 0. The maximum Gasteiger partial charge on any atom is 0.0247 e. The van der Waals surface area contributed by atoms with Crippen LogP contribution in [0.25, 0.3) is 0 Å². The van der Waals surface area contributed by atoms with Crippen molar-refractivity contribution in [2.75, 3.05) is 0 Å². The summed E-state index contributed by atoms with van der Waals surface area (Å²) in [5, 5.41) is 0. The van der Waals surface area contributed by atoms with E-state index in [2.05, 4.69) is 37.3 Å². The van der Waals surface area contributed by atoms with Crippen molar-refractivity contribution in [1.29, 1.82) is 0 Å². The van der Waals surface area contributed by atoms with Crippen LogP contribution in [-0.4, -0.2) is 9.52 Å². The van der Waals surface area contributed by atoms with Gasteiger partial charge in [-0.25, -0.2) is 0 Å². The molecule has 0 heterocycles. The Morgan fingerprint density at radius 1 is 1.00 bits per heavy atom. The molecule has 0 bridgehead atoms. The average molecular weight is 206 g/mol. The first kappa shape index (κ1) is 11.5. The molecule has 14 heavy (non-hydrogen) atoms. The van der Waals surface area contributed by atoms with Crippen molar-refractivity contribution in [3.05, 3.63) is 35.9 Å². The van der Waals surface area contributed by atoms with Gasteiger partial charge in [0.1, 0.15) is 0 Å². The Bertz CT molecular complexity index is 218. The molecule has 0 aromatic heterocycles. The molecule has 0 unspecified atom stereocenters. The number of rotatable bonds is 7. The van der Waals surface area contributed by atoms with E-state index in [4.69, 9.17) is 0 Å². The molecule has 0 aliphatic heterocycles. The van der Waals surface area contributed by atoms with Crippen LogP contribution in [0.5, 0.6) is 0 Å². The molecule has 0 saturated heterocycles. The lowest BCUT2D eigenvalue weighted by atomic mass is 10.2. The van der Waals surface area contributed by atoms with E-state index in [9.17, 15) is 0 Å². The second-order valence-corrected chi connectivity index (χ2v) is 5.92. The molecule has 0 fully saturated rings. The highest BCUT2D eigenvalue weighted by molar-refractivity contribution is 6.34. The van der Waals surface area contributed by atoms with Crippen molar-refractivity contribution < 1.29 is 0 Å². The van der Waals surface area contributed by atoms with Gasteiger partial charge in [0.15, 0.2) is 0 Å². The summed E-state index contributed by atoms with van der Waals surface area (Å²) in [4.78, 5) is 0. The van der Waals surface area contributed by atoms with E-state index in [1.54, 1.807) is 5.56 Å². The van der Waals surface area contributed by atoms with Gasteiger partial charge in [-0.15, -0.1) is 0 Å². The number of benzene rings is 1. The minimum absolute atomic E-state index is 0.185. The summed E-state index contributed by atoms with van der Waals surface area (Å²) in [5.74, 6) is 0. The number of hydrogen-bond donors (Lipinski definition) is 0. The molecular weight excluding hydrogens is 184 g/mol. The third-order valence-corrected chi connectivity index (χ3v) is 4.59. The van der Waals surface area contributed by atoms with Crippen LogP contribution in [0.1, 0.15) is 38.2 Å². The van der Waals surface area contributed by atoms with Crippen molar-refractivity contribution in [1.82, 2.24) is 0 Å². The second kappa shape index (κ2) is 7.81. The highest BCUT2D eigenvalue weighted by Crippen LogP contribution is 2.05. The van der Waals surface area contributed by atoms with Crippen LogP contribution >= 0.6 is 0 Å². The standard InChI is InChI=1S/C13H22Si/c1-2-3-4-8-11-14-12-13-9-6-5-7-10-13/h5-7,9-10H,2-4,8,11-12,14H2,1H3. The number of unbranched alkanes of at least 4 members (excludes halogenated alkanes) is 3. The summed E-state index contributed by atoms with van der Waals surface area (Å²) in [6.07, 6.45) is 5.73. The van der Waals surface area contributed by atoms with Crippen LogP contribution in [0, 0.1) is 0 Å². The normalized spacial score (nSPS) is 11.2. The molecule has 1 rings (SSSR count). The summed E-state index contributed by atoms with van der Waals surface area (Å²) in [6, 6.07) is 13.9. The predicted octanol–water partition coefficient (Wildman–Crippen LogP) is 3.35. The van der Waals surface area contributed by atoms with Crippen LogP contribution in [0.4, 0.5) is 0 Å². The Kier molecular flexibility index (Phi) is 6.42. The van der Waals surface area contributed by atoms with Crippen molar-refractivity contribution in [3.63, 3.8) is 0 Å². The molecule has 0 radical (unpaired) electrons. The lowest BCUT2D eigenvalue weighted by Gasteiger charge is -2.00. The van der Waals surface area contributed by atoms with Gasteiger partial charge in [-0.1, -0.05) is 74.5 Å². The fourth-order valence-electron chi connectivity index (χ4n) is 1.75. The molecule has 0 aliphatic carbocycles. The molecule has 78 valence electrons. The zero-order valence-electron chi connectivity index (χ0n) is 9.34. The maximum absolute atomic E-state index is 2.28. The summed E-state index contributed by atoms with van der Waals surface area (Å²) in [5.41, 5.74) is 1.55. The highest BCUT2D eigenvalue weighted by atomic mass is 28.2. The monoisotopic (exact) mass is 206 g/mol. The first-order valence-corrected chi connectivity index (χ1v) is 7.97. The minimum Gasteiger partial charge on any atom is -0.0654 e. The fraction of sp³-hybridized carbons (Fsp3) is 0.538. The van der Waals surface area contributed by atoms with Gasteiger partial charge >= 0.3 is 0 Å². The van der Waals surface area contributed by atoms with Gasteiger partial charge in [0.25, 0.3) is 0 Å². The van der Waals surface area contributed by atoms with Crippen LogP contribution in [0.15, 0.2) is 30.3 Å². The van der Waals surface area contributed by atoms with Gasteiger partial charge in [-0.2, -0.15) is 0 Å². The smallest absolute Gasteiger partial charge is 0.0247 e. The Labute approximate surface area is 90.6 Å². The van der Waals surface area contributed by atoms with Gasteiger partial charge in [0.2, 0.25) is 0 Å². The first-order valence-electron chi connectivity index (χ1n) is 5.97. The molecule has 1 heteroatoms. The Balaban J connectivity index is 1.99. The SMILES string of the molecule is CCCCCC[SiH2]Cc1ccccc1. The van der Waals surface area contributed by atoms with E-state index >= 15 is 0 Å². The Morgan fingerprint density at radius 2 is 1.79 bits per heavy atom. The van der Waals surface area contributed by atoms with Crippen LogP contribution in [0.2, 0.25) is 6.04 Å². The van der Waals surface area contributed by atoms with E-state index in [1.165, 1.54) is 37.8 Å². The fourth-order valence-corrected chi connectivity index (χ4v) is 3.45. The lowest BCUT2D eigenvalue weighted by molar-refractivity contribution is 0.700. The van der Waals surface area contributed by atoms with Gasteiger partial charge in [-0.05, 0) is 6.04 Å². The Hall–Kier alpha value is -0.563. The molecule has 1 aromatic rings. The topological polar surface area (TPSA) is 0 Å². The first-order chi connectivity index (χ1) is 6.93. The lowest BCUT2D eigenvalue weighted by Crippen LogP contribution is -1.95. The molecule has 1 aromatic carbocycles. The molecule has 0 saturated carbocycles. The molecule has 0 N–H and O–H groups in total. The van der Waals surface area contributed by atoms with Crippen LogP contribution in [-0.2, 0) is 6.04 Å². The van der Waals surface area contributed by atoms with Gasteiger partial charge in [0.05, 0.1) is 0 Å². The van der Waals surface area contributed by atoms with Crippen LogP contribution < -0.4 is 0 Å². The summed E-state index contributed by atoms with van der Waals surface area (Å²) in [6.45, 7) is 2.28. The van der Waals surface area contributed by atoms with E-state index < -0.39 is 0 Å². The van der Waals surface area contributed by atoms with Crippen molar-refractivity contribution >= 4 is 9.52 Å². The third kappa shape index (κ3) is 5.23. The number of hydrogen-bond acceptors (Lipinski definition) is 0. The Morgan fingerprint density at radius 3 is 2.50 bits per heavy atom. The van der Waals surface area contributed by atoms with Crippen molar-refractivity contribution in [2.24, 2.45) is 0 Å². The molecular formula is C13H22Si. The van der Waals surface area contributed by atoms with Crippen molar-refractivity contribution in [3.8, 4) is 0 Å². The zero-order valence-corrected chi connectivity index (χ0v) is 10.8. The summed E-state index contributed by atoms with van der Waals surface area (Å²) in [7, 11) is 0.185. The largest absolute Gasteiger partial charge is 0.0654 e. The molecule has 0 spiro atoms. The summed E-state index contributed by atoms with van der Waals surface area (Å²) >= 11 is 0. The quantitative estimate of drug-likeness (QED) is 0.474. The molecule has 0 nitrogen and oxygen atoms in total. The van der Waals surface area contributed by atoms with Gasteiger partial charge in [0, 0.05) is 9.52 Å². The second-order valence-electron chi connectivity index (χ2n) is 4.00. The average Bonchev–Trinajstić information content (AvgIpc) is 2.25. The molecule has 0 atom stereocenters. The van der Waals surface area contributed by atoms with E-state index in [0.29, 0.717) is 0 Å². The minimum atomic E-state index is 0.185. The van der Waals surface area contributed by atoms with Crippen molar-refractivity contribution in [2.45, 2.75) is 44.7 Å². The molecule has 0 aliphatic rings. The van der Waals surface area contributed by atoms with E-state index in [0.717, 1.165) is 0 Å². The third-order valence-electron chi connectivity index (χ3n) is 2.66. The zero-order chi connectivity index (χ0) is 10.1.